The maximum Gasteiger partial charge on any atom is 0.119 e. The Kier molecular flexibility index (Phi) is 7.51. The highest BCUT2D eigenvalue weighted by molar-refractivity contribution is 5.34. The van der Waals surface area contributed by atoms with Gasteiger partial charge in [-0.1, -0.05) is 26.3 Å². The molecule has 0 amide bonds. The van der Waals surface area contributed by atoms with Gasteiger partial charge in [-0.15, -0.1) is 0 Å². The molecule has 0 heterocycles. The molecule has 0 fully saturated rings. The van der Waals surface area contributed by atoms with Gasteiger partial charge in [-0.2, -0.15) is 0 Å². The van der Waals surface area contributed by atoms with Crippen molar-refractivity contribution < 1.29 is 9.47 Å². The molecule has 2 nitrogen and oxygen atoms in total. The SMILES string of the molecule is CCCCc1ccc(OCCOCCC)cc1C. The predicted molar refractivity (Wildman–Crippen MR) is 76.4 cm³/mol. The molecule has 1 rings (SSSR count). The molecule has 0 N–H and O–H groups in total. The zero-order valence-corrected chi connectivity index (χ0v) is 12.0. The Morgan fingerprint density at radius 1 is 1.00 bits per heavy atom. The van der Waals surface area contributed by atoms with Gasteiger partial charge in [-0.05, 0) is 49.4 Å². The van der Waals surface area contributed by atoms with Crippen molar-refractivity contribution in [2.75, 3.05) is 19.8 Å². The first-order valence-corrected chi connectivity index (χ1v) is 7.08. The van der Waals surface area contributed by atoms with Gasteiger partial charge in [0.25, 0.3) is 0 Å². The number of rotatable bonds is 9. The third-order valence-electron chi connectivity index (χ3n) is 2.96. The average Bonchev–Trinajstić information content (AvgIpc) is 2.37. The zero-order valence-electron chi connectivity index (χ0n) is 12.0. The van der Waals surface area contributed by atoms with Crippen molar-refractivity contribution in [2.45, 2.75) is 46.5 Å². The van der Waals surface area contributed by atoms with E-state index in [1.54, 1.807) is 0 Å². The Morgan fingerprint density at radius 2 is 1.83 bits per heavy atom. The van der Waals surface area contributed by atoms with Crippen molar-refractivity contribution in [1.82, 2.24) is 0 Å². The van der Waals surface area contributed by atoms with Crippen LogP contribution in [-0.4, -0.2) is 19.8 Å². The van der Waals surface area contributed by atoms with Gasteiger partial charge in [0.05, 0.1) is 6.61 Å². The van der Waals surface area contributed by atoms with Gasteiger partial charge in [0.2, 0.25) is 0 Å². The van der Waals surface area contributed by atoms with Crippen molar-refractivity contribution in [3.63, 3.8) is 0 Å². The van der Waals surface area contributed by atoms with Gasteiger partial charge in [-0.25, -0.2) is 0 Å². The lowest BCUT2D eigenvalue weighted by molar-refractivity contribution is 0.101. The molecular weight excluding hydrogens is 224 g/mol. The number of aryl methyl sites for hydroxylation is 2. The first kappa shape index (κ1) is 15.0. The van der Waals surface area contributed by atoms with Crippen LogP contribution in [0.25, 0.3) is 0 Å². The second-order valence-electron chi connectivity index (χ2n) is 4.65. The Hall–Kier alpha value is -1.02. The van der Waals surface area contributed by atoms with E-state index < -0.39 is 0 Å². The second-order valence-corrected chi connectivity index (χ2v) is 4.65. The molecule has 0 aliphatic carbocycles. The number of hydrogen-bond acceptors (Lipinski definition) is 2. The molecule has 0 aromatic heterocycles. The molecule has 0 bridgehead atoms. The number of hydrogen-bond donors (Lipinski definition) is 0. The summed E-state index contributed by atoms with van der Waals surface area (Å²) in [5, 5.41) is 0. The molecule has 102 valence electrons. The van der Waals surface area contributed by atoms with Crippen molar-refractivity contribution in [1.29, 1.82) is 0 Å². The molecule has 0 saturated carbocycles. The van der Waals surface area contributed by atoms with Crippen LogP contribution in [0.15, 0.2) is 18.2 Å². The number of unbranched alkanes of at least 4 members (excludes halogenated alkanes) is 1. The van der Waals surface area contributed by atoms with E-state index >= 15 is 0 Å². The van der Waals surface area contributed by atoms with Crippen LogP contribution in [0, 0.1) is 6.92 Å². The number of ether oxygens (including phenoxy) is 2. The fourth-order valence-electron chi connectivity index (χ4n) is 1.87. The molecule has 0 radical (unpaired) electrons. The minimum absolute atomic E-state index is 0.633. The summed E-state index contributed by atoms with van der Waals surface area (Å²) in [6.45, 7) is 8.62. The Labute approximate surface area is 111 Å². The van der Waals surface area contributed by atoms with Crippen LogP contribution in [0.5, 0.6) is 5.75 Å². The van der Waals surface area contributed by atoms with E-state index in [0.29, 0.717) is 13.2 Å². The van der Waals surface area contributed by atoms with Crippen molar-refractivity contribution in [3.8, 4) is 5.75 Å². The molecule has 0 aliphatic heterocycles. The number of benzene rings is 1. The van der Waals surface area contributed by atoms with Gasteiger partial charge < -0.3 is 9.47 Å². The van der Waals surface area contributed by atoms with E-state index in [-0.39, 0.29) is 0 Å². The molecule has 1 aromatic rings. The maximum absolute atomic E-state index is 5.67. The van der Waals surface area contributed by atoms with Gasteiger partial charge in [0.15, 0.2) is 0 Å². The van der Waals surface area contributed by atoms with Gasteiger partial charge >= 0.3 is 0 Å². The van der Waals surface area contributed by atoms with E-state index in [2.05, 4.69) is 39.0 Å². The summed E-state index contributed by atoms with van der Waals surface area (Å²) in [6.07, 6.45) is 4.73. The minimum atomic E-state index is 0.633. The molecule has 0 spiro atoms. The topological polar surface area (TPSA) is 18.5 Å². The van der Waals surface area contributed by atoms with Crippen LogP contribution in [0.4, 0.5) is 0 Å². The standard InChI is InChI=1S/C16H26O2/c1-4-6-7-15-8-9-16(13-14(15)3)18-12-11-17-10-5-2/h8-9,13H,4-7,10-12H2,1-3H3. The molecule has 0 atom stereocenters. The predicted octanol–water partition coefficient (Wildman–Crippen LogP) is 4.14. The first-order valence-electron chi connectivity index (χ1n) is 7.08. The van der Waals surface area contributed by atoms with E-state index in [1.165, 1.54) is 30.4 Å². The molecule has 0 saturated heterocycles. The molecule has 1 aromatic carbocycles. The lowest BCUT2D eigenvalue weighted by atomic mass is 10.0. The first-order chi connectivity index (χ1) is 8.77. The largest absolute Gasteiger partial charge is 0.491 e. The van der Waals surface area contributed by atoms with E-state index in [1.807, 2.05) is 0 Å². The molecular formula is C16H26O2. The van der Waals surface area contributed by atoms with Crippen LogP contribution in [0.2, 0.25) is 0 Å². The van der Waals surface area contributed by atoms with Crippen molar-refractivity contribution >= 4 is 0 Å². The highest BCUT2D eigenvalue weighted by atomic mass is 16.5. The fourth-order valence-corrected chi connectivity index (χ4v) is 1.87. The van der Waals surface area contributed by atoms with Crippen LogP contribution in [-0.2, 0) is 11.2 Å². The molecule has 0 aliphatic rings. The van der Waals surface area contributed by atoms with E-state index in [0.717, 1.165) is 18.8 Å². The summed E-state index contributed by atoms with van der Waals surface area (Å²) in [5.41, 5.74) is 2.77. The summed E-state index contributed by atoms with van der Waals surface area (Å²) in [5.74, 6) is 0.952. The van der Waals surface area contributed by atoms with E-state index in [4.69, 9.17) is 9.47 Å². The third kappa shape index (κ3) is 5.54. The summed E-state index contributed by atoms with van der Waals surface area (Å²) in [7, 11) is 0. The van der Waals surface area contributed by atoms with Crippen LogP contribution < -0.4 is 4.74 Å². The Balaban J connectivity index is 2.36. The van der Waals surface area contributed by atoms with Gasteiger partial charge in [0.1, 0.15) is 12.4 Å². The Bertz CT molecular complexity index is 334. The highest BCUT2D eigenvalue weighted by Gasteiger charge is 2.00. The smallest absolute Gasteiger partial charge is 0.119 e. The quantitative estimate of drug-likeness (QED) is 0.613. The van der Waals surface area contributed by atoms with Crippen molar-refractivity contribution in [3.05, 3.63) is 29.3 Å². The minimum Gasteiger partial charge on any atom is -0.491 e. The molecule has 2 heteroatoms. The van der Waals surface area contributed by atoms with Gasteiger partial charge in [0, 0.05) is 6.61 Å². The zero-order chi connectivity index (χ0) is 13.2. The molecule has 0 unspecified atom stereocenters. The fraction of sp³-hybridized carbons (Fsp3) is 0.625. The molecule has 18 heavy (non-hydrogen) atoms. The maximum atomic E-state index is 5.67. The van der Waals surface area contributed by atoms with Crippen molar-refractivity contribution in [2.24, 2.45) is 0 Å². The van der Waals surface area contributed by atoms with Crippen LogP contribution in [0.1, 0.15) is 44.2 Å². The summed E-state index contributed by atoms with van der Waals surface area (Å²) >= 11 is 0. The highest BCUT2D eigenvalue weighted by Crippen LogP contribution is 2.18. The lowest BCUT2D eigenvalue weighted by Gasteiger charge is -2.10. The average molecular weight is 250 g/mol. The van der Waals surface area contributed by atoms with Crippen LogP contribution >= 0.6 is 0 Å². The second kappa shape index (κ2) is 8.98. The van der Waals surface area contributed by atoms with Crippen LogP contribution in [0.3, 0.4) is 0 Å². The monoisotopic (exact) mass is 250 g/mol. The van der Waals surface area contributed by atoms with Gasteiger partial charge in [-0.3, -0.25) is 0 Å². The summed E-state index contributed by atoms with van der Waals surface area (Å²) in [4.78, 5) is 0. The third-order valence-corrected chi connectivity index (χ3v) is 2.96. The normalized spacial score (nSPS) is 10.6. The lowest BCUT2D eigenvalue weighted by Crippen LogP contribution is -2.07. The Morgan fingerprint density at radius 3 is 2.50 bits per heavy atom. The summed E-state index contributed by atoms with van der Waals surface area (Å²) in [6, 6.07) is 6.38. The summed E-state index contributed by atoms with van der Waals surface area (Å²) < 4.78 is 11.1. The van der Waals surface area contributed by atoms with E-state index in [9.17, 15) is 0 Å².